The number of hydrogen-bond acceptors (Lipinski definition) is 4. The van der Waals surface area contributed by atoms with Crippen LogP contribution in [0, 0.1) is 20.8 Å². The van der Waals surface area contributed by atoms with Crippen LogP contribution < -0.4 is 15.0 Å². The van der Waals surface area contributed by atoms with Gasteiger partial charge >= 0.3 is 0 Å². The third-order valence-corrected chi connectivity index (χ3v) is 5.37. The maximum Gasteiger partial charge on any atom is 0.282 e. The molecule has 5 nitrogen and oxygen atoms in total. The molecular weight excluding hydrogens is 388 g/mol. The number of nitrogens with one attached hydrogen (secondary N) is 1. The molecule has 0 radical (unpaired) electrons. The maximum absolute atomic E-state index is 13.6. The second kappa shape index (κ2) is 8.11. The van der Waals surface area contributed by atoms with E-state index in [0.29, 0.717) is 22.6 Å². The summed E-state index contributed by atoms with van der Waals surface area (Å²) < 4.78 is 5.49. The second-order valence-corrected chi connectivity index (χ2v) is 7.68. The van der Waals surface area contributed by atoms with E-state index in [0.717, 1.165) is 22.4 Å². The van der Waals surface area contributed by atoms with Crippen LogP contribution in [0.1, 0.15) is 22.3 Å². The van der Waals surface area contributed by atoms with Crippen LogP contribution in [0.3, 0.4) is 0 Å². The number of hydrogen-bond donors (Lipinski definition) is 1. The summed E-state index contributed by atoms with van der Waals surface area (Å²) in [5.41, 5.74) is 5.45. The molecule has 1 heterocycles. The minimum absolute atomic E-state index is 0.235. The van der Waals surface area contributed by atoms with E-state index in [1.54, 1.807) is 19.2 Å². The molecule has 3 aromatic rings. The van der Waals surface area contributed by atoms with Gasteiger partial charge in [0, 0.05) is 11.3 Å². The Hall–Kier alpha value is -3.86. The van der Waals surface area contributed by atoms with Crippen LogP contribution in [0.5, 0.6) is 5.75 Å². The van der Waals surface area contributed by atoms with E-state index in [-0.39, 0.29) is 11.6 Å². The van der Waals surface area contributed by atoms with Crippen molar-refractivity contribution in [2.45, 2.75) is 20.8 Å². The standard InChI is InChI=1S/C26H24N2O3/c1-16-9-12-19(13-10-16)27-24-23(20-7-5-6-8-22(20)31-4)25(29)28(26(24)30)21-14-11-17(2)15-18(21)3/h5-15,27H,1-4H3. The number of rotatable bonds is 5. The third-order valence-electron chi connectivity index (χ3n) is 5.37. The van der Waals surface area contributed by atoms with Crippen LogP contribution in [0.4, 0.5) is 11.4 Å². The summed E-state index contributed by atoms with van der Waals surface area (Å²) in [5, 5.41) is 3.19. The molecule has 31 heavy (non-hydrogen) atoms. The van der Waals surface area contributed by atoms with Crippen LogP contribution in [-0.2, 0) is 9.59 Å². The Bertz CT molecular complexity index is 1210. The Morgan fingerprint density at radius 2 is 1.48 bits per heavy atom. The first-order valence-electron chi connectivity index (χ1n) is 10.1. The lowest BCUT2D eigenvalue weighted by molar-refractivity contribution is -0.120. The van der Waals surface area contributed by atoms with E-state index >= 15 is 0 Å². The lowest BCUT2D eigenvalue weighted by atomic mass is 10.0. The molecule has 0 saturated carbocycles. The van der Waals surface area contributed by atoms with Crippen molar-refractivity contribution >= 4 is 28.8 Å². The number of amides is 2. The molecule has 0 atom stereocenters. The molecule has 0 unspecified atom stereocenters. The van der Waals surface area contributed by atoms with Crippen molar-refractivity contribution in [1.82, 2.24) is 0 Å². The van der Waals surface area contributed by atoms with Crippen molar-refractivity contribution in [2.24, 2.45) is 0 Å². The van der Waals surface area contributed by atoms with Crippen LogP contribution in [-0.4, -0.2) is 18.9 Å². The van der Waals surface area contributed by atoms with E-state index < -0.39 is 5.91 Å². The van der Waals surface area contributed by atoms with Gasteiger partial charge in [0.2, 0.25) is 0 Å². The van der Waals surface area contributed by atoms with Gasteiger partial charge in [-0.05, 0) is 50.6 Å². The third kappa shape index (κ3) is 3.70. The zero-order valence-electron chi connectivity index (χ0n) is 18.0. The number of benzene rings is 3. The molecule has 3 aromatic carbocycles. The van der Waals surface area contributed by atoms with Gasteiger partial charge in [0.1, 0.15) is 11.4 Å². The molecule has 1 N–H and O–H groups in total. The molecular formula is C26H24N2O3. The fraction of sp³-hybridized carbons (Fsp3) is 0.154. The normalized spacial score (nSPS) is 13.7. The van der Waals surface area contributed by atoms with Gasteiger partial charge in [0.15, 0.2) is 0 Å². The molecule has 4 rings (SSSR count). The molecule has 2 amide bonds. The molecule has 1 aliphatic rings. The zero-order valence-corrected chi connectivity index (χ0v) is 18.0. The van der Waals surface area contributed by atoms with Gasteiger partial charge in [-0.15, -0.1) is 0 Å². The van der Waals surface area contributed by atoms with E-state index in [2.05, 4.69) is 5.32 Å². The van der Waals surface area contributed by atoms with Gasteiger partial charge in [-0.3, -0.25) is 9.59 Å². The molecule has 0 spiro atoms. The average Bonchev–Trinajstić information content (AvgIpc) is 2.99. The molecule has 0 aliphatic carbocycles. The van der Waals surface area contributed by atoms with Gasteiger partial charge in [0.05, 0.1) is 18.4 Å². The van der Waals surface area contributed by atoms with Gasteiger partial charge in [0.25, 0.3) is 11.8 Å². The fourth-order valence-corrected chi connectivity index (χ4v) is 3.80. The Labute approximate surface area is 182 Å². The quantitative estimate of drug-likeness (QED) is 0.598. The van der Waals surface area contributed by atoms with Crippen LogP contribution in [0.15, 0.2) is 72.4 Å². The van der Waals surface area contributed by atoms with Crippen molar-refractivity contribution in [2.75, 3.05) is 17.3 Å². The summed E-state index contributed by atoms with van der Waals surface area (Å²) in [6.07, 6.45) is 0. The molecule has 0 bridgehead atoms. The van der Waals surface area contributed by atoms with Gasteiger partial charge in [-0.25, -0.2) is 4.90 Å². The maximum atomic E-state index is 13.6. The highest BCUT2D eigenvalue weighted by Gasteiger charge is 2.41. The lowest BCUT2D eigenvalue weighted by Gasteiger charge is -2.18. The fourth-order valence-electron chi connectivity index (χ4n) is 3.80. The number of methoxy groups -OCH3 is 1. The number of anilines is 2. The van der Waals surface area contributed by atoms with Gasteiger partial charge in [-0.1, -0.05) is 53.6 Å². The molecule has 1 aliphatic heterocycles. The minimum Gasteiger partial charge on any atom is -0.496 e. The first-order chi connectivity index (χ1) is 14.9. The molecule has 0 aromatic heterocycles. The van der Waals surface area contributed by atoms with E-state index in [4.69, 9.17) is 4.74 Å². The highest BCUT2D eigenvalue weighted by Crippen LogP contribution is 2.38. The second-order valence-electron chi connectivity index (χ2n) is 7.68. The number of aryl methyl sites for hydroxylation is 3. The molecule has 0 saturated heterocycles. The van der Waals surface area contributed by atoms with Crippen molar-refractivity contribution in [1.29, 1.82) is 0 Å². The SMILES string of the molecule is COc1ccccc1C1=C(Nc2ccc(C)cc2)C(=O)N(c2ccc(C)cc2C)C1=O. The number of para-hydroxylation sites is 1. The Kier molecular flexibility index (Phi) is 5.34. The Balaban J connectivity index is 1.87. The minimum atomic E-state index is -0.390. The summed E-state index contributed by atoms with van der Waals surface area (Å²) in [7, 11) is 1.55. The summed E-state index contributed by atoms with van der Waals surface area (Å²) in [5.74, 6) is -0.237. The van der Waals surface area contributed by atoms with E-state index in [1.165, 1.54) is 4.90 Å². The highest BCUT2D eigenvalue weighted by atomic mass is 16.5. The van der Waals surface area contributed by atoms with Crippen LogP contribution in [0.2, 0.25) is 0 Å². The van der Waals surface area contributed by atoms with Gasteiger partial charge in [-0.2, -0.15) is 0 Å². The first kappa shape index (κ1) is 20.4. The summed E-state index contributed by atoms with van der Waals surface area (Å²) >= 11 is 0. The average molecular weight is 412 g/mol. The lowest BCUT2D eigenvalue weighted by Crippen LogP contribution is -2.33. The molecule has 5 heteroatoms. The predicted octanol–water partition coefficient (Wildman–Crippen LogP) is 5.02. The molecule has 156 valence electrons. The summed E-state index contributed by atoms with van der Waals surface area (Å²) in [4.78, 5) is 28.4. The number of imide groups is 1. The van der Waals surface area contributed by atoms with Gasteiger partial charge < -0.3 is 10.1 Å². The number of ether oxygens (including phenoxy) is 1. The summed E-state index contributed by atoms with van der Waals surface area (Å²) in [6, 6.07) is 20.6. The first-order valence-corrected chi connectivity index (χ1v) is 10.1. The zero-order chi connectivity index (χ0) is 22.1. The van der Waals surface area contributed by atoms with Crippen molar-refractivity contribution in [3.8, 4) is 5.75 Å². The van der Waals surface area contributed by atoms with E-state index in [1.807, 2.05) is 75.4 Å². The Morgan fingerprint density at radius 1 is 0.806 bits per heavy atom. The smallest absolute Gasteiger partial charge is 0.282 e. The molecule has 0 fully saturated rings. The topological polar surface area (TPSA) is 58.6 Å². The van der Waals surface area contributed by atoms with Crippen molar-refractivity contribution in [3.05, 3.63) is 94.7 Å². The Morgan fingerprint density at radius 3 is 2.16 bits per heavy atom. The number of carbonyl (C=O) groups is 2. The van der Waals surface area contributed by atoms with Crippen molar-refractivity contribution < 1.29 is 14.3 Å². The van der Waals surface area contributed by atoms with Crippen LogP contribution >= 0.6 is 0 Å². The largest absolute Gasteiger partial charge is 0.496 e. The van der Waals surface area contributed by atoms with Crippen molar-refractivity contribution in [3.63, 3.8) is 0 Å². The monoisotopic (exact) mass is 412 g/mol. The summed E-state index contributed by atoms with van der Waals surface area (Å²) in [6.45, 7) is 5.87. The van der Waals surface area contributed by atoms with E-state index in [9.17, 15) is 9.59 Å². The predicted molar refractivity (Wildman–Crippen MR) is 123 cm³/mol. The number of carbonyl (C=O) groups excluding carboxylic acids is 2. The number of nitrogens with zero attached hydrogens (tertiary/aromatic N) is 1. The van der Waals surface area contributed by atoms with Crippen LogP contribution in [0.25, 0.3) is 5.57 Å². The highest BCUT2D eigenvalue weighted by molar-refractivity contribution is 6.46.